The van der Waals surface area contributed by atoms with Crippen LogP contribution in [0.3, 0.4) is 0 Å². The molecule has 0 bridgehead atoms. The lowest BCUT2D eigenvalue weighted by molar-refractivity contribution is -0.210. The molecule has 3 atom stereocenters. The second-order valence-corrected chi connectivity index (χ2v) is 8.08. The lowest BCUT2D eigenvalue weighted by atomic mass is 9.58. The standard InChI is InChI=1S/C19H34N2O3.ClH/c1-3-24-17-13-16(22)19(17)6-10-21(11-7-19)18(23)12-14(2)15-4-8-20-9-5-15;/h14-17,20,22H,3-13H2,1-2H3;1H. The number of ether oxygens (including phenoxy) is 1. The van der Waals surface area contributed by atoms with Crippen molar-refractivity contribution < 1.29 is 14.6 Å². The minimum absolute atomic E-state index is 0. The Morgan fingerprint density at radius 1 is 1.32 bits per heavy atom. The molecule has 2 heterocycles. The van der Waals surface area contributed by atoms with Gasteiger partial charge in [0.2, 0.25) is 5.91 Å². The van der Waals surface area contributed by atoms with Crippen molar-refractivity contribution in [2.45, 2.75) is 64.6 Å². The van der Waals surface area contributed by atoms with Crippen molar-refractivity contribution in [3.63, 3.8) is 0 Å². The first-order valence-electron chi connectivity index (χ1n) is 9.85. The van der Waals surface area contributed by atoms with Gasteiger partial charge in [0.25, 0.3) is 0 Å². The number of nitrogens with zero attached hydrogens (tertiary/aromatic N) is 1. The number of nitrogens with one attached hydrogen (secondary N) is 1. The van der Waals surface area contributed by atoms with Crippen LogP contribution < -0.4 is 5.32 Å². The van der Waals surface area contributed by atoms with E-state index in [9.17, 15) is 9.90 Å². The van der Waals surface area contributed by atoms with Gasteiger partial charge in [-0.1, -0.05) is 6.92 Å². The molecule has 0 radical (unpaired) electrons. The summed E-state index contributed by atoms with van der Waals surface area (Å²) in [4.78, 5) is 14.7. The van der Waals surface area contributed by atoms with Crippen molar-refractivity contribution in [1.82, 2.24) is 10.2 Å². The van der Waals surface area contributed by atoms with E-state index in [0.717, 1.165) is 45.4 Å². The molecule has 6 heteroatoms. The quantitative estimate of drug-likeness (QED) is 0.774. The zero-order valence-corrected chi connectivity index (χ0v) is 16.5. The highest BCUT2D eigenvalue weighted by Crippen LogP contribution is 2.51. The Bertz CT molecular complexity index is 432. The maximum Gasteiger partial charge on any atom is 0.222 e. The lowest BCUT2D eigenvalue weighted by Crippen LogP contribution is -2.62. The Morgan fingerprint density at radius 3 is 2.52 bits per heavy atom. The van der Waals surface area contributed by atoms with Crippen LogP contribution in [0.1, 0.15) is 52.4 Å². The molecule has 3 unspecified atom stereocenters. The molecular formula is C19H35ClN2O3. The molecular weight excluding hydrogens is 340 g/mol. The van der Waals surface area contributed by atoms with Crippen molar-refractivity contribution >= 4 is 18.3 Å². The van der Waals surface area contributed by atoms with Crippen LogP contribution in [-0.4, -0.2) is 60.9 Å². The maximum absolute atomic E-state index is 12.7. The molecule has 2 saturated heterocycles. The molecule has 2 aliphatic heterocycles. The molecule has 3 rings (SSSR count). The summed E-state index contributed by atoms with van der Waals surface area (Å²) in [5.41, 5.74) is -0.0898. The second kappa shape index (κ2) is 9.03. The van der Waals surface area contributed by atoms with E-state index in [0.29, 0.717) is 30.8 Å². The first-order valence-corrected chi connectivity index (χ1v) is 9.85. The third-order valence-electron chi connectivity index (χ3n) is 6.84. The van der Waals surface area contributed by atoms with Gasteiger partial charge < -0.3 is 20.1 Å². The Hall–Kier alpha value is -0.360. The number of amides is 1. The van der Waals surface area contributed by atoms with E-state index in [1.807, 2.05) is 11.8 Å². The van der Waals surface area contributed by atoms with Gasteiger partial charge in [-0.3, -0.25) is 4.79 Å². The Morgan fingerprint density at radius 2 is 1.96 bits per heavy atom. The van der Waals surface area contributed by atoms with Crippen LogP contribution in [0.4, 0.5) is 0 Å². The predicted molar refractivity (Wildman–Crippen MR) is 101 cm³/mol. The summed E-state index contributed by atoms with van der Waals surface area (Å²) >= 11 is 0. The molecule has 146 valence electrons. The number of carbonyl (C=O) groups is 1. The fourth-order valence-electron chi connectivity index (χ4n) is 4.97. The topological polar surface area (TPSA) is 61.8 Å². The van der Waals surface area contributed by atoms with Crippen molar-refractivity contribution in [2.75, 3.05) is 32.8 Å². The summed E-state index contributed by atoms with van der Waals surface area (Å²) in [6, 6.07) is 0. The zero-order valence-electron chi connectivity index (χ0n) is 15.7. The smallest absolute Gasteiger partial charge is 0.222 e. The summed E-state index contributed by atoms with van der Waals surface area (Å²) in [7, 11) is 0. The fourth-order valence-corrected chi connectivity index (χ4v) is 4.97. The average Bonchev–Trinajstić information content (AvgIpc) is 2.62. The monoisotopic (exact) mass is 374 g/mol. The molecule has 1 amide bonds. The summed E-state index contributed by atoms with van der Waals surface area (Å²) in [5.74, 6) is 1.46. The van der Waals surface area contributed by atoms with Gasteiger partial charge in [0.05, 0.1) is 12.2 Å². The molecule has 2 N–H and O–H groups in total. The first kappa shape index (κ1) is 20.9. The number of hydrogen-bond donors (Lipinski definition) is 2. The number of aliphatic hydroxyl groups excluding tert-OH is 1. The van der Waals surface area contributed by atoms with E-state index >= 15 is 0 Å². The van der Waals surface area contributed by atoms with Crippen molar-refractivity contribution in [3.05, 3.63) is 0 Å². The maximum atomic E-state index is 12.7. The average molecular weight is 375 g/mol. The normalized spacial score (nSPS) is 30.4. The van der Waals surface area contributed by atoms with Crippen LogP contribution >= 0.6 is 12.4 Å². The SMILES string of the molecule is CCOC1CC(O)C12CCN(C(=O)CC(C)C1CCNCC1)CC2.Cl. The molecule has 5 nitrogen and oxygen atoms in total. The molecule has 1 saturated carbocycles. The van der Waals surface area contributed by atoms with Crippen LogP contribution in [0, 0.1) is 17.3 Å². The molecule has 3 aliphatic rings. The van der Waals surface area contributed by atoms with Gasteiger partial charge in [-0.2, -0.15) is 0 Å². The van der Waals surface area contributed by atoms with E-state index < -0.39 is 0 Å². The summed E-state index contributed by atoms with van der Waals surface area (Å²) in [5, 5.41) is 13.7. The Labute approximate surface area is 158 Å². The zero-order chi connectivity index (χ0) is 17.2. The number of piperidine rings is 2. The number of carbonyl (C=O) groups excluding carboxylic acids is 1. The first-order chi connectivity index (χ1) is 11.6. The number of likely N-dealkylation sites (tertiary alicyclic amines) is 1. The van der Waals surface area contributed by atoms with Crippen molar-refractivity contribution in [2.24, 2.45) is 17.3 Å². The number of halogens is 1. The van der Waals surface area contributed by atoms with Crippen molar-refractivity contribution in [3.8, 4) is 0 Å². The lowest BCUT2D eigenvalue weighted by Gasteiger charge is -2.56. The van der Waals surface area contributed by atoms with Gasteiger partial charge in [-0.15, -0.1) is 12.4 Å². The van der Waals surface area contributed by atoms with E-state index in [-0.39, 0.29) is 30.0 Å². The highest BCUT2D eigenvalue weighted by atomic mass is 35.5. The molecule has 0 aromatic heterocycles. The minimum atomic E-state index is -0.250. The minimum Gasteiger partial charge on any atom is -0.392 e. The van der Waals surface area contributed by atoms with Gasteiger partial charge in [0, 0.05) is 38.0 Å². The van der Waals surface area contributed by atoms with E-state index in [1.54, 1.807) is 0 Å². The predicted octanol–water partition coefficient (Wildman–Crippen LogP) is 2.21. The van der Waals surface area contributed by atoms with Crippen LogP contribution in [0.5, 0.6) is 0 Å². The summed E-state index contributed by atoms with van der Waals surface area (Å²) < 4.78 is 5.81. The highest BCUT2D eigenvalue weighted by Gasteiger charge is 2.56. The fraction of sp³-hybridized carbons (Fsp3) is 0.947. The molecule has 1 spiro atoms. The number of hydrogen-bond acceptors (Lipinski definition) is 4. The van der Waals surface area contributed by atoms with E-state index in [1.165, 1.54) is 12.8 Å². The molecule has 0 aromatic carbocycles. The molecule has 1 aliphatic carbocycles. The van der Waals surface area contributed by atoms with E-state index in [2.05, 4.69) is 12.2 Å². The molecule has 25 heavy (non-hydrogen) atoms. The number of rotatable bonds is 5. The molecule has 3 fully saturated rings. The van der Waals surface area contributed by atoms with Crippen LogP contribution in [0.2, 0.25) is 0 Å². The second-order valence-electron chi connectivity index (χ2n) is 8.08. The van der Waals surface area contributed by atoms with Gasteiger partial charge in [-0.05, 0) is 57.5 Å². The summed E-state index contributed by atoms with van der Waals surface area (Å²) in [6.45, 7) is 8.68. The largest absolute Gasteiger partial charge is 0.392 e. The van der Waals surface area contributed by atoms with Crippen LogP contribution in [-0.2, 0) is 9.53 Å². The Balaban J connectivity index is 0.00000225. The van der Waals surface area contributed by atoms with Gasteiger partial charge in [-0.25, -0.2) is 0 Å². The summed E-state index contributed by atoms with van der Waals surface area (Å²) in [6.07, 6.45) is 5.52. The van der Waals surface area contributed by atoms with Gasteiger partial charge in [0.1, 0.15) is 0 Å². The molecule has 0 aromatic rings. The van der Waals surface area contributed by atoms with Gasteiger partial charge in [0.15, 0.2) is 0 Å². The third kappa shape index (κ3) is 4.32. The van der Waals surface area contributed by atoms with Gasteiger partial charge >= 0.3 is 0 Å². The van der Waals surface area contributed by atoms with Crippen LogP contribution in [0.15, 0.2) is 0 Å². The van der Waals surface area contributed by atoms with E-state index in [4.69, 9.17) is 4.74 Å². The third-order valence-corrected chi connectivity index (χ3v) is 6.84. The number of aliphatic hydroxyl groups is 1. The van der Waals surface area contributed by atoms with Crippen LogP contribution in [0.25, 0.3) is 0 Å². The van der Waals surface area contributed by atoms with Crippen molar-refractivity contribution in [1.29, 1.82) is 0 Å². The Kier molecular flexibility index (Phi) is 7.56. The highest BCUT2D eigenvalue weighted by molar-refractivity contribution is 5.85.